The Balaban J connectivity index is 1.88. The SMILES string of the molecule is CN(C)N1C2=CC(C=Cc3ccccc32)C2CCCCC21. The van der Waals surface area contributed by atoms with Gasteiger partial charge < -0.3 is 5.01 Å². The van der Waals surface area contributed by atoms with Gasteiger partial charge in [-0.1, -0.05) is 55.3 Å². The summed E-state index contributed by atoms with van der Waals surface area (Å²) >= 11 is 0. The predicted molar refractivity (Wildman–Crippen MR) is 88.2 cm³/mol. The van der Waals surface area contributed by atoms with E-state index in [9.17, 15) is 0 Å². The third-order valence-corrected chi connectivity index (χ3v) is 5.35. The van der Waals surface area contributed by atoms with E-state index in [4.69, 9.17) is 0 Å². The number of hydrogen-bond donors (Lipinski definition) is 0. The molecule has 1 saturated carbocycles. The number of nitrogens with zero attached hydrogens (tertiary/aromatic N) is 2. The molecule has 1 aromatic carbocycles. The van der Waals surface area contributed by atoms with Crippen molar-refractivity contribution in [1.29, 1.82) is 0 Å². The normalized spacial score (nSPS) is 30.5. The highest BCUT2D eigenvalue weighted by Gasteiger charge is 2.40. The molecule has 1 aliphatic heterocycles. The molecule has 4 rings (SSSR count). The fraction of sp³-hybridized carbons (Fsp3) is 0.474. The monoisotopic (exact) mass is 280 g/mol. The Morgan fingerprint density at radius 3 is 2.76 bits per heavy atom. The second-order valence-corrected chi connectivity index (χ2v) is 6.78. The van der Waals surface area contributed by atoms with Gasteiger partial charge in [-0.15, -0.1) is 0 Å². The zero-order valence-corrected chi connectivity index (χ0v) is 13.0. The van der Waals surface area contributed by atoms with Crippen LogP contribution in [0.25, 0.3) is 11.8 Å². The molecular formula is C19H24N2. The van der Waals surface area contributed by atoms with Crippen LogP contribution in [0.3, 0.4) is 0 Å². The van der Waals surface area contributed by atoms with Crippen LogP contribution >= 0.6 is 0 Å². The first kappa shape index (κ1) is 13.1. The van der Waals surface area contributed by atoms with Crippen molar-refractivity contribution < 1.29 is 0 Å². The predicted octanol–water partition coefficient (Wildman–Crippen LogP) is 4.02. The van der Waals surface area contributed by atoms with Gasteiger partial charge in [0.1, 0.15) is 0 Å². The van der Waals surface area contributed by atoms with Crippen LogP contribution in [0.2, 0.25) is 0 Å². The van der Waals surface area contributed by atoms with Gasteiger partial charge in [-0.25, -0.2) is 5.01 Å². The molecule has 21 heavy (non-hydrogen) atoms. The highest BCUT2D eigenvalue weighted by Crippen LogP contribution is 2.45. The molecule has 2 aliphatic carbocycles. The summed E-state index contributed by atoms with van der Waals surface area (Å²) in [6.07, 6.45) is 12.8. The summed E-state index contributed by atoms with van der Waals surface area (Å²) in [7, 11) is 4.38. The average Bonchev–Trinajstić information content (AvgIpc) is 2.66. The smallest absolute Gasteiger partial charge is 0.0569 e. The topological polar surface area (TPSA) is 6.48 Å². The van der Waals surface area contributed by atoms with E-state index in [0.29, 0.717) is 12.0 Å². The lowest BCUT2D eigenvalue weighted by molar-refractivity contribution is -0.0116. The number of benzene rings is 1. The first-order chi connectivity index (χ1) is 10.3. The minimum Gasteiger partial charge on any atom is -0.303 e. The van der Waals surface area contributed by atoms with Crippen molar-refractivity contribution in [2.45, 2.75) is 31.7 Å². The van der Waals surface area contributed by atoms with E-state index in [2.05, 4.69) is 66.6 Å². The van der Waals surface area contributed by atoms with Gasteiger partial charge in [-0.3, -0.25) is 0 Å². The van der Waals surface area contributed by atoms with Crippen LogP contribution in [-0.2, 0) is 0 Å². The summed E-state index contributed by atoms with van der Waals surface area (Å²) in [6.45, 7) is 0. The molecule has 1 aromatic rings. The van der Waals surface area contributed by atoms with E-state index >= 15 is 0 Å². The summed E-state index contributed by atoms with van der Waals surface area (Å²) in [4.78, 5) is 0. The zero-order valence-electron chi connectivity index (χ0n) is 13.0. The summed E-state index contributed by atoms with van der Waals surface area (Å²) in [5.74, 6) is 1.38. The molecule has 3 atom stereocenters. The molecule has 110 valence electrons. The minimum atomic E-state index is 0.605. The maximum absolute atomic E-state index is 2.56. The Kier molecular flexibility index (Phi) is 3.15. The molecule has 3 unspecified atom stereocenters. The van der Waals surface area contributed by atoms with E-state index in [-0.39, 0.29) is 0 Å². The van der Waals surface area contributed by atoms with Gasteiger partial charge in [0.2, 0.25) is 0 Å². The third-order valence-electron chi connectivity index (χ3n) is 5.35. The van der Waals surface area contributed by atoms with Crippen molar-refractivity contribution in [3.63, 3.8) is 0 Å². The van der Waals surface area contributed by atoms with Crippen molar-refractivity contribution in [1.82, 2.24) is 10.0 Å². The van der Waals surface area contributed by atoms with Crippen molar-refractivity contribution >= 4 is 11.8 Å². The first-order valence-electron chi connectivity index (χ1n) is 8.21. The second kappa shape index (κ2) is 5.03. The van der Waals surface area contributed by atoms with Crippen LogP contribution in [0.4, 0.5) is 0 Å². The maximum Gasteiger partial charge on any atom is 0.0569 e. The van der Waals surface area contributed by atoms with Gasteiger partial charge in [0.15, 0.2) is 0 Å². The zero-order chi connectivity index (χ0) is 14.4. The molecule has 0 spiro atoms. The van der Waals surface area contributed by atoms with E-state index in [1.807, 2.05) is 0 Å². The van der Waals surface area contributed by atoms with E-state index in [1.165, 1.54) is 42.5 Å². The molecule has 0 radical (unpaired) electrons. The van der Waals surface area contributed by atoms with E-state index < -0.39 is 0 Å². The standard InChI is InChI=1S/C19H24N2/c1-20(2)21-18-10-6-5-9-17(18)15-12-11-14-7-3-4-8-16(14)19(21)13-15/h3-4,7-8,11-13,15,17-18H,5-6,9-10H2,1-2H3. The van der Waals surface area contributed by atoms with Crippen molar-refractivity contribution in [2.75, 3.05) is 14.1 Å². The van der Waals surface area contributed by atoms with Crippen LogP contribution < -0.4 is 0 Å². The fourth-order valence-corrected chi connectivity index (χ4v) is 4.47. The number of hydrogen-bond acceptors (Lipinski definition) is 2. The minimum absolute atomic E-state index is 0.605. The molecule has 2 nitrogen and oxygen atoms in total. The Labute approximate surface area is 127 Å². The number of allylic oxidation sites excluding steroid dienone is 2. The molecule has 2 bridgehead atoms. The number of fused-ring (bicyclic) bond motifs is 5. The van der Waals surface area contributed by atoms with Crippen molar-refractivity contribution in [3.8, 4) is 0 Å². The van der Waals surface area contributed by atoms with Crippen LogP contribution in [0.1, 0.15) is 36.8 Å². The molecular weight excluding hydrogens is 256 g/mol. The Bertz CT molecular complexity index is 599. The summed E-state index contributed by atoms with van der Waals surface area (Å²) < 4.78 is 0. The van der Waals surface area contributed by atoms with Crippen LogP contribution in [0.5, 0.6) is 0 Å². The average molecular weight is 280 g/mol. The Morgan fingerprint density at radius 2 is 1.90 bits per heavy atom. The van der Waals surface area contributed by atoms with Gasteiger partial charge in [-0.05, 0) is 24.3 Å². The van der Waals surface area contributed by atoms with E-state index in [1.54, 1.807) is 0 Å². The lowest BCUT2D eigenvalue weighted by Gasteiger charge is -2.50. The lowest BCUT2D eigenvalue weighted by Crippen LogP contribution is -2.52. The summed E-state index contributed by atoms with van der Waals surface area (Å²) in [5.41, 5.74) is 4.15. The second-order valence-electron chi connectivity index (χ2n) is 6.78. The van der Waals surface area contributed by atoms with Crippen LogP contribution in [-0.4, -0.2) is 30.2 Å². The highest BCUT2D eigenvalue weighted by atomic mass is 15.6. The van der Waals surface area contributed by atoms with Gasteiger partial charge in [0.25, 0.3) is 0 Å². The third kappa shape index (κ3) is 2.04. The molecule has 0 amide bonds. The molecule has 2 heteroatoms. The molecule has 3 aliphatic rings. The summed E-state index contributed by atoms with van der Waals surface area (Å²) in [6, 6.07) is 9.48. The van der Waals surface area contributed by atoms with E-state index in [0.717, 1.165) is 5.92 Å². The lowest BCUT2D eigenvalue weighted by atomic mass is 9.73. The Morgan fingerprint density at radius 1 is 1.10 bits per heavy atom. The quantitative estimate of drug-likeness (QED) is 0.766. The molecule has 1 fully saturated rings. The summed E-state index contributed by atoms with van der Waals surface area (Å²) in [5, 5.41) is 4.86. The molecule has 0 saturated heterocycles. The van der Waals surface area contributed by atoms with Gasteiger partial charge in [0, 0.05) is 31.6 Å². The highest BCUT2D eigenvalue weighted by molar-refractivity contribution is 5.76. The van der Waals surface area contributed by atoms with Crippen LogP contribution in [0, 0.1) is 11.8 Å². The fourth-order valence-electron chi connectivity index (χ4n) is 4.47. The maximum atomic E-state index is 2.56. The molecule has 0 N–H and O–H groups in total. The number of hydrazine groups is 1. The largest absolute Gasteiger partial charge is 0.303 e. The number of rotatable bonds is 1. The van der Waals surface area contributed by atoms with Crippen LogP contribution in [0.15, 0.2) is 36.4 Å². The van der Waals surface area contributed by atoms with Gasteiger partial charge in [0.05, 0.1) is 5.70 Å². The van der Waals surface area contributed by atoms with Gasteiger partial charge in [-0.2, -0.15) is 0 Å². The van der Waals surface area contributed by atoms with Crippen molar-refractivity contribution in [3.05, 3.63) is 47.5 Å². The Hall–Kier alpha value is -1.54. The molecule has 1 heterocycles. The van der Waals surface area contributed by atoms with Gasteiger partial charge >= 0.3 is 0 Å². The van der Waals surface area contributed by atoms with Crippen molar-refractivity contribution in [2.24, 2.45) is 11.8 Å². The molecule has 0 aromatic heterocycles. The first-order valence-corrected chi connectivity index (χ1v) is 8.21.